The van der Waals surface area contributed by atoms with Crippen LogP contribution in [0.5, 0.6) is 0 Å². The van der Waals surface area contributed by atoms with Gasteiger partial charge in [0.25, 0.3) is 0 Å². The molecule has 0 aliphatic carbocycles. The van der Waals surface area contributed by atoms with Crippen molar-refractivity contribution in [2.24, 2.45) is 5.92 Å². The lowest BCUT2D eigenvalue weighted by Gasteiger charge is -2.45. The Balaban J connectivity index is 1.97. The van der Waals surface area contributed by atoms with Crippen molar-refractivity contribution >= 4 is 31.3 Å². The van der Waals surface area contributed by atoms with Gasteiger partial charge in [-0.2, -0.15) is 0 Å². The zero-order valence-electron chi connectivity index (χ0n) is 17.1. The summed E-state index contributed by atoms with van der Waals surface area (Å²) in [6.07, 6.45) is 2.34. The molecule has 1 aliphatic heterocycles. The van der Waals surface area contributed by atoms with Gasteiger partial charge >= 0.3 is 0 Å². The highest BCUT2D eigenvalue weighted by molar-refractivity contribution is 7.80. The van der Waals surface area contributed by atoms with Gasteiger partial charge < -0.3 is 9.33 Å². The third-order valence-electron chi connectivity index (χ3n) is 5.94. The van der Waals surface area contributed by atoms with Gasteiger partial charge in [0.15, 0.2) is 8.32 Å². The third-order valence-corrected chi connectivity index (χ3v) is 11.0. The number of aryl methyl sites for hydroxylation is 1. The van der Waals surface area contributed by atoms with Gasteiger partial charge in [-0.15, -0.1) is 0 Å². The van der Waals surface area contributed by atoms with Gasteiger partial charge in [-0.1, -0.05) is 46.0 Å². The molecule has 2 atom stereocenters. The molecule has 6 heteroatoms. The summed E-state index contributed by atoms with van der Waals surface area (Å²) < 4.78 is 6.24. The molecule has 2 heterocycles. The van der Waals surface area contributed by atoms with Crippen LogP contribution in [-0.2, 0) is 9.22 Å². The van der Waals surface area contributed by atoms with E-state index in [1.54, 1.807) is 6.20 Å². The summed E-state index contributed by atoms with van der Waals surface area (Å²) in [6.45, 7) is 16.5. The Kier molecular flexibility index (Phi) is 6.41. The molecule has 1 aliphatic rings. The molecule has 2 rings (SSSR count). The van der Waals surface area contributed by atoms with Crippen LogP contribution >= 0.6 is 12.2 Å². The van der Waals surface area contributed by atoms with Crippen LogP contribution in [0.4, 0.5) is 0 Å². The maximum Gasteiger partial charge on any atom is 0.225 e. The number of amides is 1. The summed E-state index contributed by atoms with van der Waals surface area (Å²) in [5, 5.41) is 0.177. The molecule has 0 spiro atoms. The molecule has 1 aromatic heterocycles. The molecular weight excluding hydrogens is 360 g/mol. The highest BCUT2D eigenvalue weighted by atomic mass is 32.1. The minimum Gasteiger partial charge on any atom is -0.415 e. The van der Waals surface area contributed by atoms with Gasteiger partial charge in [0.05, 0.1) is 12.3 Å². The molecule has 26 heavy (non-hydrogen) atoms. The molecule has 4 nitrogen and oxygen atoms in total. The average molecular weight is 393 g/mol. The van der Waals surface area contributed by atoms with E-state index in [0.29, 0.717) is 19.6 Å². The fourth-order valence-corrected chi connectivity index (χ4v) is 4.37. The molecular formula is C20H32N2O2SSi. The van der Waals surface area contributed by atoms with Crippen LogP contribution in [0.15, 0.2) is 18.3 Å². The number of thiocarbonyl (C=S) groups is 1. The minimum absolute atomic E-state index is 0.115. The Morgan fingerprint density at radius 1 is 1.46 bits per heavy atom. The zero-order valence-corrected chi connectivity index (χ0v) is 18.9. The maximum absolute atomic E-state index is 12.1. The van der Waals surface area contributed by atoms with Gasteiger partial charge in [-0.25, -0.2) is 0 Å². The molecule has 1 unspecified atom stereocenters. The van der Waals surface area contributed by atoms with Gasteiger partial charge in [-0.3, -0.25) is 9.78 Å². The molecule has 0 aromatic carbocycles. The van der Waals surface area contributed by atoms with Crippen LogP contribution in [0, 0.1) is 12.8 Å². The number of carbonyl (C=O) groups excluding carboxylic acids is 1. The predicted molar refractivity (Wildman–Crippen MR) is 113 cm³/mol. The second-order valence-corrected chi connectivity index (χ2v) is 14.0. The van der Waals surface area contributed by atoms with E-state index >= 15 is 0 Å². The van der Waals surface area contributed by atoms with Crippen molar-refractivity contribution in [3.8, 4) is 0 Å². The van der Waals surface area contributed by atoms with E-state index in [4.69, 9.17) is 16.6 Å². The first-order chi connectivity index (χ1) is 12.0. The van der Waals surface area contributed by atoms with Crippen LogP contribution < -0.4 is 0 Å². The second-order valence-electron chi connectivity index (χ2n) is 8.79. The first-order valence-corrected chi connectivity index (χ1v) is 12.7. The third kappa shape index (κ3) is 4.41. The van der Waals surface area contributed by atoms with Gasteiger partial charge in [0, 0.05) is 36.0 Å². The van der Waals surface area contributed by atoms with E-state index in [9.17, 15) is 4.79 Å². The summed E-state index contributed by atoms with van der Waals surface area (Å²) in [4.78, 5) is 19.4. The number of rotatable bonds is 7. The Hall–Kier alpha value is -1.11. The smallest absolute Gasteiger partial charge is 0.225 e. The Bertz CT molecular complexity index is 685. The molecule has 0 bridgehead atoms. The van der Waals surface area contributed by atoms with Crippen LogP contribution in [0.3, 0.4) is 0 Å². The number of nitrogens with zero attached hydrogens (tertiary/aromatic N) is 2. The molecule has 144 valence electrons. The molecule has 1 amide bonds. The number of pyridine rings is 1. The van der Waals surface area contributed by atoms with E-state index in [1.165, 1.54) is 0 Å². The number of aromatic nitrogens is 1. The van der Waals surface area contributed by atoms with Crippen molar-refractivity contribution in [1.82, 2.24) is 9.88 Å². The molecule has 0 N–H and O–H groups in total. The normalized spacial score (nSPS) is 19.3. The monoisotopic (exact) mass is 392 g/mol. The van der Waals surface area contributed by atoms with Crippen molar-refractivity contribution in [2.45, 2.75) is 65.2 Å². The molecule has 1 saturated heterocycles. The quantitative estimate of drug-likeness (QED) is 0.299. The van der Waals surface area contributed by atoms with Gasteiger partial charge in [0.2, 0.25) is 5.91 Å². The summed E-state index contributed by atoms with van der Waals surface area (Å²) in [7, 11) is -1.79. The standard InChI is InChI=1S/C20H32N2O2SSi/c1-14-9-8-10-21-18(14)19(25)15(2)16-13-17(23)22(16)11-12-24-26(6,7)20(3,4)5/h8-10,15-16H,11-13H2,1-7H3/t15-,16?/m1/s1. The molecule has 1 fully saturated rings. The van der Waals surface area contributed by atoms with Gasteiger partial charge in [-0.05, 0) is 36.7 Å². The first kappa shape index (κ1) is 21.2. The summed E-state index contributed by atoms with van der Waals surface area (Å²) in [6, 6.07) is 4.10. The molecule has 0 radical (unpaired) electrons. The first-order valence-electron chi connectivity index (χ1n) is 9.35. The van der Waals surface area contributed by atoms with Crippen LogP contribution in [0.25, 0.3) is 0 Å². The zero-order chi connectivity index (χ0) is 19.7. The van der Waals surface area contributed by atoms with Crippen molar-refractivity contribution in [1.29, 1.82) is 0 Å². The molecule has 0 saturated carbocycles. The lowest BCUT2D eigenvalue weighted by atomic mass is 9.85. The lowest BCUT2D eigenvalue weighted by molar-refractivity contribution is -0.147. The Labute approximate surface area is 164 Å². The Morgan fingerprint density at radius 3 is 2.65 bits per heavy atom. The average Bonchev–Trinajstić information content (AvgIpc) is 2.54. The van der Waals surface area contributed by atoms with E-state index in [-0.39, 0.29) is 22.9 Å². The predicted octanol–water partition coefficient (Wildman–Crippen LogP) is 4.37. The van der Waals surface area contributed by atoms with Crippen molar-refractivity contribution < 1.29 is 9.22 Å². The van der Waals surface area contributed by atoms with Crippen molar-refractivity contribution in [3.63, 3.8) is 0 Å². The maximum atomic E-state index is 12.1. The fraction of sp³-hybridized carbons (Fsp3) is 0.650. The topological polar surface area (TPSA) is 42.4 Å². The minimum atomic E-state index is -1.79. The number of hydrogen-bond acceptors (Lipinski definition) is 4. The highest BCUT2D eigenvalue weighted by Gasteiger charge is 2.42. The fourth-order valence-electron chi connectivity index (χ4n) is 2.97. The summed E-state index contributed by atoms with van der Waals surface area (Å²) in [5.41, 5.74) is 1.97. The largest absolute Gasteiger partial charge is 0.415 e. The van der Waals surface area contributed by atoms with E-state index in [0.717, 1.165) is 16.1 Å². The van der Waals surface area contributed by atoms with Crippen LogP contribution in [0.2, 0.25) is 18.1 Å². The highest BCUT2D eigenvalue weighted by Crippen LogP contribution is 2.36. The lowest BCUT2D eigenvalue weighted by Crippen LogP contribution is -2.58. The van der Waals surface area contributed by atoms with E-state index in [1.807, 2.05) is 24.0 Å². The van der Waals surface area contributed by atoms with Crippen LogP contribution in [0.1, 0.15) is 45.4 Å². The SMILES string of the molecule is Cc1cccnc1C(=S)[C@H](C)C1CC(=O)N1CCO[Si](C)(C)C(C)(C)C. The Morgan fingerprint density at radius 2 is 2.12 bits per heavy atom. The van der Waals surface area contributed by atoms with E-state index < -0.39 is 8.32 Å². The number of hydrogen-bond donors (Lipinski definition) is 0. The summed E-state index contributed by atoms with van der Waals surface area (Å²) >= 11 is 5.69. The number of carbonyl (C=O) groups is 1. The van der Waals surface area contributed by atoms with Gasteiger partial charge in [0.1, 0.15) is 0 Å². The second kappa shape index (κ2) is 7.86. The van der Waals surface area contributed by atoms with Crippen molar-refractivity contribution in [3.05, 3.63) is 29.6 Å². The van der Waals surface area contributed by atoms with E-state index in [2.05, 4.69) is 45.8 Å². The molecule has 1 aromatic rings. The number of likely N-dealkylation sites (tertiary alicyclic amines) is 1. The number of β-lactam (4-membered cyclic amide) rings is 1. The van der Waals surface area contributed by atoms with Crippen LogP contribution in [-0.4, -0.2) is 48.2 Å². The summed E-state index contributed by atoms with van der Waals surface area (Å²) in [5.74, 6) is 0.311. The van der Waals surface area contributed by atoms with Crippen molar-refractivity contribution in [2.75, 3.05) is 13.2 Å².